The lowest BCUT2D eigenvalue weighted by molar-refractivity contribution is 0.418. The van der Waals surface area contributed by atoms with Gasteiger partial charge < -0.3 is 4.74 Å². The van der Waals surface area contributed by atoms with Gasteiger partial charge >= 0.3 is 0 Å². The van der Waals surface area contributed by atoms with Crippen LogP contribution in [0.1, 0.15) is 18.7 Å². The topological polar surface area (TPSA) is 57.0 Å². The molecule has 22 heavy (non-hydrogen) atoms. The molecule has 0 N–H and O–H groups in total. The molecule has 0 saturated carbocycles. The molecular weight excluding hydrogens is 278 g/mol. The van der Waals surface area contributed by atoms with Crippen LogP contribution in [0.25, 0.3) is 10.9 Å². The maximum Gasteiger partial charge on any atom is 0.265 e. The van der Waals surface area contributed by atoms with Gasteiger partial charge in [-0.1, -0.05) is 12.1 Å². The monoisotopic (exact) mass is 295 g/mol. The van der Waals surface area contributed by atoms with Gasteiger partial charge in [0.2, 0.25) is 0 Å². The lowest BCUT2D eigenvalue weighted by atomic mass is 10.1. The molecule has 0 radical (unpaired) electrons. The van der Waals surface area contributed by atoms with Crippen LogP contribution >= 0.6 is 0 Å². The Morgan fingerprint density at radius 2 is 2.05 bits per heavy atom. The average molecular weight is 295 g/mol. The van der Waals surface area contributed by atoms with E-state index < -0.39 is 0 Å². The van der Waals surface area contributed by atoms with E-state index in [1.54, 1.807) is 30.3 Å². The third-order valence-electron chi connectivity index (χ3n) is 3.70. The van der Waals surface area contributed by atoms with Crippen LogP contribution in [0, 0.1) is 0 Å². The van der Waals surface area contributed by atoms with Crippen molar-refractivity contribution in [3.05, 3.63) is 65.0 Å². The summed E-state index contributed by atoms with van der Waals surface area (Å²) in [6, 6.07) is 11.2. The molecule has 5 heteroatoms. The van der Waals surface area contributed by atoms with Crippen molar-refractivity contribution < 1.29 is 4.74 Å². The zero-order valence-corrected chi connectivity index (χ0v) is 12.6. The van der Waals surface area contributed by atoms with Gasteiger partial charge in [0.15, 0.2) is 0 Å². The van der Waals surface area contributed by atoms with Gasteiger partial charge in [0.05, 0.1) is 19.0 Å². The Morgan fingerprint density at radius 3 is 2.77 bits per heavy atom. The van der Waals surface area contributed by atoms with E-state index in [-0.39, 0.29) is 11.6 Å². The Labute approximate surface area is 128 Å². The van der Waals surface area contributed by atoms with E-state index in [0.717, 1.165) is 5.69 Å². The highest BCUT2D eigenvalue weighted by Gasteiger charge is 2.14. The summed E-state index contributed by atoms with van der Waals surface area (Å²) in [5, 5.41) is 0.514. The second-order valence-corrected chi connectivity index (χ2v) is 5.19. The third-order valence-corrected chi connectivity index (χ3v) is 3.70. The summed E-state index contributed by atoms with van der Waals surface area (Å²) < 4.78 is 6.93. The molecule has 0 amide bonds. The summed E-state index contributed by atoms with van der Waals surface area (Å²) in [6.45, 7) is 1.99. The molecule has 5 nitrogen and oxygen atoms in total. The van der Waals surface area contributed by atoms with Gasteiger partial charge in [-0.2, -0.15) is 0 Å². The van der Waals surface area contributed by atoms with Crippen molar-refractivity contribution in [3.8, 4) is 5.75 Å². The minimum absolute atomic E-state index is 0.0378. The molecule has 0 aliphatic heterocycles. The standard InChI is InChI=1S/C17H17N3O2/c1-12(10-13-6-3-4-9-18-13)20-11-19-14-7-5-8-15(22-2)16(14)17(20)21/h3-9,11-12H,10H2,1-2H3/t12-/m1/s1. The molecule has 0 spiro atoms. The van der Waals surface area contributed by atoms with Crippen LogP contribution in [0.15, 0.2) is 53.7 Å². The van der Waals surface area contributed by atoms with Gasteiger partial charge in [-0.05, 0) is 31.2 Å². The van der Waals surface area contributed by atoms with Gasteiger partial charge in [-0.3, -0.25) is 14.3 Å². The Hall–Kier alpha value is -2.69. The second kappa shape index (κ2) is 5.97. The number of benzene rings is 1. The van der Waals surface area contributed by atoms with Gasteiger partial charge in [-0.25, -0.2) is 4.98 Å². The van der Waals surface area contributed by atoms with Crippen molar-refractivity contribution in [2.24, 2.45) is 0 Å². The molecule has 0 fully saturated rings. The van der Waals surface area contributed by atoms with Gasteiger partial charge in [0.25, 0.3) is 5.56 Å². The lowest BCUT2D eigenvalue weighted by Crippen LogP contribution is -2.25. The van der Waals surface area contributed by atoms with Gasteiger partial charge in [0, 0.05) is 24.4 Å². The molecule has 1 atom stereocenters. The highest BCUT2D eigenvalue weighted by Crippen LogP contribution is 2.21. The number of fused-ring (bicyclic) bond motifs is 1. The van der Waals surface area contributed by atoms with E-state index in [4.69, 9.17) is 4.74 Å². The highest BCUT2D eigenvalue weighted by molar-refractivity contribution is 5.83. The smallest absolute Gasteiger partial charge is 0.265 e. The van der Waals surface area contributed by atoms with Crippen LogP contribution < -0.4 is 10.3 Å². The van der Waals surface area contributed by atoms with Crippen molar-refractivity contribution >= 4 is 10.9 Å². The maximum absolute atomic E-state index is 12.8. The summed E-state index contributed by atoms with van der Waals surface area (Å²) in [5.41, 5.74) is 1.50. The van der Waals surface area contributed by atoms with Crippen LogP contribution in [0.2, 0.25) is 0 Å². The van der Waals surface area contributed by atoms with Crippen LogP contribution in [0.4, 0.5) is 0 Å². The summed E-state index contributed by atoms with van der Waals surface area (Å²) in [5.74, 6) is 0.550. The molecule has 3 rings (SSSR count). The fourth-order valence-electron chi connectivity index (χ4n) is 2.55. The first-order valence-electron chi connectivity index (χ1n) is 7.14. The van der Waals surface area contributed by atoms with E-state index >= 15 is 0 Å². The minimum atomic E-state index is -0.0918. The van der Waals surface area contributed by atoms with E-state index in [9.17, 15) is 4.79 Å². The van der Waals surface area contributed by atoms with E-state index in [0.29, 0.717) is 23.1 Å². The zero-order valence-electron chi connectivity index (χ0n) is 12.6. The Kier molecular flexibility index (Phi) is 3.87. The SMILES string of the molecule is COc1cccc2ncn([C@H](C)Cc3ccccn3)c(=O)c12. The third kappa shape index (κ3) is 2.57. The zero-order chi connectivity index (χ0) is 15.5. The van der Waals surface area contributed by atoms with Crippen LogP contribution in [-0.2, 0) is 6.42 Å². The van der Waals surface area contributed by atoms with Crippen molar-refractivity contribution in [2.75, 3.05) is 7.11 Å². The van der Waals surface area contributed by atoms with Crippen LogP contribution in [0.5, 0.6) is 5.75 Å². The fraction of sp³-hybridized carbons (Fsp3) is 0.235. The first-order chi connectivity index (χ1) is 10.7. The lowest BCUT2D eigenvalue weighted by Gasteiger charge is -2.15. The van der Waals surface area contributed by atoms with Gasteiger partial charge in [-0.15, -0.1) is 0 Å². The summed E-state index contributed by atoms with van der Waals surface area (Å²) in [4.78, 5) is 21.4. The quantitative estimate of drug-likeness (QED) is 0.742. The van der Waals surface area contributed by atoms with E-state index in [1.165, 1.54) is 0 Å². The highest BCUT2D eigenvalue weighted by atomic mass is 16.5. The van der Waals surface area contributed by atoms with Crippen molar-refractivity contribution in [1.29, 1.82) is 0 Å². The number of hydrogen-bond acceptors (Lipinski definition) is 4. The number of ether oxygens (including phenoxy) is 1. The van der Waals surface area contributed by atoms with Crippen molar-refractivity contribution in [1.82, 2.24) is 14.5 Å². The molecule has 3 aromatic rings. The van der Waals surface area contributed by atoms with Crippen LogP contribution in [0.3, 0.4) is 0 Å². The van der Waals surface area contributed by atoms with Crippen LogP contribution in [-0.4, -0.2) is 21.6 Å². The Balaban J connectivity index is 2.04. The molecular formula is C17H17N3O2. The molecule has 0 unspecified atom stereocenters. The molecule has 0 saturated heterocycles. The summed E-state index contributed by atoms with van der Waals surface area (Å²) >= 11 is 0. The number of rotatable bonds is 4. The Bertz CT molecular complexity index is 843. The number of nitrogens with zero attached hydrogens (tertiary/aromatic N) is 3. The summed E-state index contributed by atoms with van der Waals surface area (Å²) in [6.07, 6.45) is 4.02. The predicted octanol–water partition coefficient (Wildman–Crippen LogP) is 2.60. The average Bonchev–Trinajstić information content (AvgIpc) is 2.55. The first kappa shape index (κ1) is 14.3. The molecule has 0 aliphatic carbocycles. The molecule has 1 aromatic carbocycles. The van der Waals surface area contributed by atoms with Crippen molar-refractivity contribution in [3.63, 3.8) is 0 Å². The molecule has 0 aliphatic rings. The number of aromatic nitrogens is 3. The molecule has 0 bridgehead atoms. The molecule has 2 heterocycles. The number of hydrogen-bond donors (Lipinski definition) is 0. The fourth-order valence-corrected chi connectivity index (χ4v) is 2.55. The minimum Gasteiger partial charge on any atom is -0.496 e. The largest absolute Gasteiger partial charge is 0.496 e. The Morgan fingerprint density at radius 1 is 1.18 bits per heavy atom. The number of methoxy groups -OCH3 is 1. The van der Waals surface area contributed by atoms with E-state index in [2.05, 4.69) is 9.97 Å². The normalized spacial score (nSPS) is 12.3. The molecule has 2 aromatic heterocycles. The second-order valence-electron chi connectivity index (χ2n) is 5.19. The van der Waals surface area contributed by atoms with Gasteiger partial charge in [0.1, 0.15) is 11.1 Å². The molecule has 112 valence electrons. The summed E-state index contributed by atoms with van der Waals surface area (Å²) in [7, 11) is 1.56. The predicted molar refractivity (Wildman–Crippen MR) is 85.2 cm³/mol. The maximum atomic E-state index is 12.8. The first-order valence-corrected chi connectivity index (χ1v) is 7.14. The number of pyridine rings is 1. The van der Waals surface area contributed by atoms with Crippen molar-refractivity contribution in [2.45, 2.75) is 19.4 Å². The van der Waals surface area contributed by atoms with E-state index in [1.807, 2.05) is 37.3 Å².